The van der Waals surface area contributed by atoms with Gasteiger partial charge in [-0.25, -0.2) is 4.79 Å². The zero-order valence-electron chi connectivity index (χ0n) is 15.9. The zero-order chi connectivity index (χ0) is 18.9. The van der Waals surface area contributed by atoms with E-state index in [1.165, 1.54) is 0 Å². The van der Waals surface area contributed by atoms with Gasteiger partial charge in [-0.2, -0.15) is 0 Å². The van der Waals surface area contributed by atoms with Crippen LogP contribution in [0.25, 0.3) is 0 Å². The number of amides is 2. The largest absolute Gasteiger partial charge is 0.350 e. The number of nitrogens with one attached hydrogen (secondary N) is 1. The third-order valence-corrected chi connectivity index (χ3v) is 5.33. The van der Waals surface area contributed by atoms with Crippen LogP contribution in [-0.4, -0.2) is 43.0 Å². The monoisotopic (exact) mass is 366 g/mol. The molecular formula is C22H26N2O3. The number of benzene rings is 2. The Hall–Kier alpha value is -2.37. The number of nitrogens with zero attached hydrogens (tertiary/aromatic N) is 1. The Balaban J connectivity index is 1.43. The smallest absolute Gasteiger partial charge is 0.318 e. The van der Waals surface area contributed by atoms with Gasteiger partial charge in [0.15, 0.2) is 5.79 Å². The summed E-state index contributed by atoms with van der Waals surface area (Å²) in [7, 11) is 0. The van der Waals surface area contributed by atoms with Crippen LogP contribution in [0, 0.1) is 5.41 Å². The first-order valence-electron chi connectivity index (χ1n) is 9.40. The van der Waals surface area contributed by atoms with Crippen molar-refractivity contribution in [1.82, 2.24) is 10.2 Å². The standard InChI is InChI=1S/C22H26N2O3/c1-21(2)26-15-22(16-27-21)13-24(14-22)20(25)23-19(17-9-5-3-6-10-17)18-11-7-4-8-12-18/h3-12,19H,13-16H2,1-2H3,(H,23,25). The van der Waals surface area contributed by atoms with Gasteiger partial charge in [-0.05, 0) is 25.0 Å². The molecule has 0 unspecified atom stereocenters. The topological polar surface area (TPSA) is 50.8 Å². The van der Waals surface area contributed by atoms with Gasteiger partial charge in [0.25, 0.3) is 0 Å². The van der Waals surface area contributed by atoms with Crippen molar-refractivity contribution in [2.75, 3.05) is 26.3 Å². The molecular weight excluding hydrogens is 340 g/mol. The maximum Gasteiger partial charge on any atom is 0.318 e. The van der Waals surface area contributed by atoms with Crippen LogP contribution < -0.4 is 5.32 Å². The second kappa shape index (κ2) is 6.98. The van der Waals surface area contributed by atoms with E-state index in [0.717, 1.165) is 11.1 Å². The number of hydrogen-bond donors (Lipinski definition) is 1. The van der Waals surface area contributed by atoms with Gasteiger partial charge < -0.3 is 19.7 Å². The SMILES string of the molecule is CC1(C)OCC2(CO1)CN(C(=O)NC(c1ccccc1)c1ccccc1)C2. The van der Waals surface area contributed by atoms with Crippen molar-refractivity contribution in [2.45, 2.75) is 25.7 Å². The Bertz CT molecular complexity index is 734. The minimum absolute atomic E-state index is 0.0526. The Morgan fingerprint density at radius 1 is 0.926 bits per heavy atom. The molecule has 2 heterocycles. The highest BCUT2D eigenvalue weighted by atomic mass is 16.7. The molecule has 2 aliphatic heterocycles. The number of carbonyl (C=O) groups is 1. The Kier molecular flexibility index (Phi) is 4.66. The quantitative estimate of drug-likeness (QED) is 0.903. The number of urea groups is 1. The molecule has 0 saturated carbocycles. The zero-order valence-corrected chi connectivity index (χ0v) is 15.9. The summed E-state index contributed by atoms with van der Waals surface area (Å²) in [6.45, 7) is 6.42. The molecule has 0 aromatic heterocycles. The Morgan fingerprint density at radius 2 is 1.41 bits per heavy atom. The maximum absolute atomic E-state index is 12.9. The third-order valence-electron chi connectivity index (χ3n) is 5.33. The molecule has 142 valence electrons. The molecule has 2 aromatic carbocycles. The first-order valence-corrected chi connectivity index (χ1v) is 9.40. The van der Waals surface area contributed by atoms with Crippen LogP contribution in [0.1, 0.15) is 31.0 Å². The van der Waals surface area contributed by atoms with Crippen molar-refractivity contribution in [3.05, 3.63) is 71.8 Å². The molecule has 5 heteroatoms. The molecule has 2 amide bonds. The Morgan fingerprint density at radius 3 is 1.89 bits per heavy atom. The Labute approximate surface area is 160 Å². The molecule has 0 atom stereocenters. The van der Waals surface area contributed by atoms with Crippen LogP contribution in [0.5, 0.6) is 0 Å². The van der Waals surface area contributed by atoms with Crippen LogP contribution in [0.3, 0.4) is 0 Å². The second-order valence-corrected chi connectivity index (χ2v) is 8.04. The highest BCUT2D eigenvalue weighted by Gasteiger charge is 2.50. The molecule has 5 nitrogen and oxygen atoms in total. The molecule has 2 aromatic rings. The van der Waals surface area contributed by atoms with Gasteiger partial charge in [0.2, 0.25) is 0 Å². The van der Waals surface area contributed by atoms with Gasteiger partial charge in [-0.1, -0.05) is 60.7 Å². The number of rotatable bonds is 3. The van der Waals surface area contributed by atoms with Crippen LogP contribution in [0.4, 0.5) is 4.79 Å². The molecule has 1 spiro atoms. The molecule has 0 bridgehead atoms. The first kappa shape index (κ1) is 18.0. The summed E-state index contributed by atoms with van der Waals surface area (Å²) in [4.78, 5) is 14.7. The van der Waals surface area contributed by atoms with Crippen molar-refractivity contribution >= 4 is 6.03 Å². The lowest BCUT2D eigenvalue weighted by Crippen LogP contribution is -2.67. The van der Waals surface area contributed by atoms with E-state index in [1.54, 1.807) is 0 Å². The lowest BCUT2D eigenvalue weighted by Gasteiger charge is -2.53. The van der Waals surface area contributed by atoms with Crippen molar-refractivity contribution in [3.63, 3.8) is 0 Å². The minimum atomic E-state index is -0.528. The number of ether oxygens (including phenoxy) is 2. The van der Waals surface area contributed by atoms with Gasteiger partial charge >= 0.3 is 6.03 Å². The summed E-state index contributed by atoms with van der Waals surface area (Å²) >= 11 is 0. The minimum Gasteiger partial charge on any atom is -0.350 e. The van der Waals surface area contributed by atoms with E-state index in [0.29, 0.717) is 26.3 Å². The highest BCUT2D eigenvalue weighted by Crippen LogP contribution is 2.37. The van der Waals surface area contributed by atoms with E-state index < -0.39 is 5.79 Å². The third kappa shape index (κ3) is 3.84. The highest BCUT2D eigenvalue weighted by molar-refractivity contribution is 5.76. The van der Waals surface area contributed by atoms with E-state index in [9.17, 15) is 4.79 Å². The van der Waals surface area contributed by atoms with E-state index in [-0.39, 0.29) is 17.5 Å². The summed E-state index contributed by atoms with van der Waals surface area (Å²) in [6, 6.07) is 19.9. The van der Waals surface area contributed by atoms with E-state index in [1.807, 2.05) is 79.4 Å². The summed E-state index contributed by atoms with van der Waals surface area (Å²) < 4.78 is 11.6. The number of hydrogen-bond acceptors (Lipinski definition) is 3. The van der Waals surface area contributed by atoms with Gasteiger partial charge in [0.05, 0.1) is 24.7 Å². The number of carbonyl (C=O) groups excluding carboxylic acids is 1. The summed E-state index contributed by atoms with van der Waals surface area (Å²) in [5.74, 6) is -0.528. The summed E-state index contributed by atoms with van der Waals surface area (Å²) in [5.41, 5.74) is 2.07. The lowest BCUT2D eigenvalue weighted by atomic mass is 9.80. The molecule has 1 N–H and O–H groups in total. The van der Waals surface area contributed by atoms with E-state index >= 15 is 0 Å². The molecule has 4 rings (SSSR count). The molecule has 2 aliphatic rings. The molecule has 0 aliphatic carbocycles. The molecule has 2 fully saturated rings. The normalized spacial score (nSPS) is 20.3. The predicted molar refractivity (Wildman–Crippen MR) is 103 cm³/mol. The fraction of sp³-hybridized carbons (Fsp3) is 0.409. The van der Waals surface area contributed by atoms with Crippen LogP contribution >= 0.6 is 0 Å². The average molecular weight is 366 g/mol. The van der Waals surface area contributed by atoms with Gasteiger partial charge in [0.1, 0.15) is 0 Å². The maximum atomic E-state index is 12.9. The summed E-state index contributed by atoms with van der Waals surface area (Å²) in [6.07, 6.45) is 0. The average Bonchev–Trinajstić information content (AvgIpc) is 2.66. The number of likely N-dealkylation sites (tertiary alicyclic amines) is 1. The van der Waals surface area contributed by atoms with Crippen molar-refractivity contribution in [2.24, 2.45) is 5.41 Å². The van der Waals surface area contributed by atoms with E-state index in [4.69, 9.17) is 9.47 Å². The molecule has 2 saturated heterocycles. The first-order chi connectivity index (χ1) is 13.0. The molecule has 0 radical (unpaired) electrons. The van der Waals surface area contributed by atoms with E-state index in [2.05, 4.69) is 5.32 Å². The van der Waals surface area contributed by atoms with Crippen molar-refractivity contribution < 1.29 is 14.3 Å². The van der Waals surface area contributed by atoms with Crippen molar-refractivity contribution in [1.29, 1.82) is 0 Å². The fourth-order valence-electron chi connectivity index (χ4n) is 3.69. The predicted octanol–water partition coefficient (Wildman–Crippen LogP) is 3.57. The fourth-order valence-corrected chi connectivity index (χ4v) is 3.69. The van der Waals surface area contributed by atoms with Gasteiger partial charge in [-0.15, -0.1) is 0 Å². The van der Waals surface area contributed by atoms with Gasteiger partial charge in [-0.3, -0.25) is 0 Å². The van der Waals surface area contributed by atoms with Crippen LogP contribution in [0.2, 0.25) is 0 Å². The van der Waals surface area contributed by atoms with Gasteiger partial charge in [0, 0.05) is 13.1 Å². The van der Waals surface area contributed by atoms with Crippen molar-refractivity contribution in [3.8, 4) is 0 Å². The van der Waals surface area contributed by atoms with Crippen LogP contribution in [-0.2, 0) is 9.47 Å². The van der Waals surface area contributed by atoms with Crippen LogP contribution in [0.15, 0.2) is 60.7 Å². The molecule has 27 heavy (non-hydrogen) atoms. The lowest BCUT2D eigenvalue weighted by molar-refractivity contribution is -0.301. The second-order valence-electron chi connectivity index (χ2n) is 8.04. The summed E-state index contributed by atoms with van der Waals surface area (Å²) in [5, 5.41) is 3.20.